The van der Waals surface area contributed by atoms with Gasteiger partial charge in [0, 0.05) is 35.4 Å². The number of aromatic amines is 1. The number of benzene rings is 3. The lowest BCUT2D eigenvalue weighted by molar-refractivity contribution is -0.109. The van der Waals surface area contributed by atoms with Gasteiger partial charge < -0.3 is 19.7 Å². The highest BCUT2D eigenvalue weighted by Crippen LogP contribution is 2.32. The number of nitrogens with one attached hydrogen (secondary N) is 3. The molecule has 11 heteroatoms. The average Bonchev–Trinajstić information content (AvgIpc) is 3.31. The van der Waals surface area contributed by atoms with Gasteiger partial charge in [-0.1, -0.05) is 43.7 Å². The number of aldehydes is 1. The van der Waals surface area contributed by atoms with Crippen LogP contribution in [0.1, 0.15) is 42.6 Å². The summed E-state index contributed by atoms with van der Waals surface area (Å²) in [5.74, 6) is 0.118. The van der Waals surface area contributed by atoms with E-state index in [0.717, 1.165) is 12.7 Å². The number of anilines is 2. The number of rotatable bonds is 11. The molecule has 0 fully saturated rings. The van der Waals surface area contributed by atoms with Crippen molar-refractivity contribution < 1.29 is 17.6 Å². The second kappa shape index (κ2) is 12.6. The molecule has 228 valence electrons. The fourth-order valence-electron chi connectivity index (χ4n) is 5.52. The van der Waals surface area contributed by atoms with Crippen molar-refractivity contribution in [3.05, 3.63) is 105 Å². The predicted molar refractivity (Wildman–Crippen MR) is 171 cm³/mol. The summed E-state index contributed by atoms with van der Waals surface area (Å²) in [5, 5.41) is 8.64. The number of imidazole rings is 1. The molecule has 3 N–H and O–H groups in total. The van der Waals surface area contributed by atoms with Gasteiger partial charge in [-0.25, -0.2) is 17.8 Å². The highest BCUT2D eigenvalue weighted by molar-refractivity contribution is 7.94. The van der Waals surface area contributed by atoms with E-state index < -0.39 is 21.9 Å². The van der Waals surface area contributed by atoms with E-state index in [1.807, 2.05) is 6.92 Å². The summed E-state index contributed by atoms with van der Waals surface area (Å²) < 4.78 is 41.2. The number of pyridine rings is 1. The third-order valence-corrected chi connectivity index (χ3v) is 9.14. The van der Waals surface area contributed by atoms with E-state index >= 15 is 0 Å². The van der Waals surface area contributed by atoms with E-state index in [9.17, 15) is 22.4 Å². The summed E-state index contributed by atoms with van der Waals surface area (Å²) in [7, 11) is -1.90. The number of carbonyl (C=O) groups excluding carboxylic acids is 1. The molecule has 0 aliphatic rings. The number of hydrogen-bond acceptors (Lipinski definition) is 7. The lowest BCUT2D eigenvalue weighted by atomic mass is 9.97. The number of fused-ring (bicyclic) bond motifs is 3. The van der Waals surface area contributed by atoms with Crippen molar-refractivity contribution in [3.63, 3.8) is 0 Å². The molecule has 0 bridgehead atoms. The van der Waals surface area contributed by atoms with Crippen molar-refractivity contribution in [2.45, 2.75) is 50.6 Å². The molecule has 0 amide bonds. The van der Waals surface area contributed by atoms with Crippen molar-refractivity contribution >= 4 is 49.6 Å². The Morgan fingerprint density at radius 3 is 2.52 bits per heavy atom. The highest BCUT2D eigenvalue weighted by atomic mass is 32.2. The summed E-state index contributed by atoms with van der Waals surface area (Å²) in [6.07, 6.45) is 3.65. The Labute approximate surface area is 254 Å². The van der Waals surface area contributed by atoms with Gasteiger partial charge in [-0.3, -0.25) is 10.1 Å². The van der Waals surface area contributed by atoms with E-state index in [1.54, 1.807) is 67.9 Å². The molecule has 0 spiro atoms. The standard InChI is InChI=1S/C33H34FN5O4S/c1-5-9-23(16-17-44(42,43)24-10-7-6-8-11-24)36-28(19-40)29-21(3)35-32(41)30-25(29)13-15-27-31(30)39(4)33(38-27)37-26-14-12-22(34)18-20(26)2/h6-8,10-19,23,28,36H,5,9H2,1-4H3,(H,35,41)(H,37,38)/t23?,28-/m1/s1. The second-order valence-electron chi connectivity index (χ2n) is 10.8. The van der Waals surface area contributed by atoms with Gasteiger partial charge in [-0.2, -0.15) is 0 Å². The summed E-state index contributed by atoms with van der Waals surface area (Å²) in [4.78, 5) is 33.8. The van der Waals surface area contributed by atoms with Crippen LogP contribution >= 0.6 is 0 Å². The third-order valence-electron chi connectivity index (χ3n) is 7.70. The first-order valence-electron chi connectivity index (χ1n) is 14.3. The Morgan fingerprint density at radius 1 is 1.09 bits per heavy atom. The summed E-state index contributed by atoms with van der Waals surface area (Å²) in [6.45, 7) is 5.49. The lowest BCUT2D eigenvalue weighted by Gasteiger charge is -2.22. The molecule has 9 nitrogen and oxygen atoms in total. The first kappa shape index (κ1) is 30.8. The van der Waals surface area contributed by atoms with Crippen molar-refractivity contribution in [3.8, 4) is 0 Å². The molecule has 2 aromatic heterocycles. The van der Waals surface area contributed by atoms with Crippen LogP contribution in [0.5, 0.6) is 0 Å². The van der Waals surface area contributed by atoms with E-state index in [0.29, 0.717) is 56.7 Å². The van der Waals surface area contributed by atoms with E-state index in [2.05, 4.69) is 20.6 Å². The molecule has 0 radical (unpaired) electrons. The number of hydrogen-bond donors (Lipinski definition) is 3. The molecule has 0 aliphatic carbocycles. The van der Waals surface area contributed by atoms with Crippen LogP contribution in [0.3, 0.4) is 0 Å². The first-order valence-corrected chi connectivity index (χ1v) is 15.8. The molecule has 0 aliphatic heterocycles. The SMILES string of the molecule is CCCC(C=CS(=O)(=O)c1ccccc1)N[C@H](C=O)c1c(C)[nH]c(=O)c2c1ccc1nc(Nc3ccc(F)cc3C)n(C)c12. The maximum atomic E-state index is 13.7. The molecule has 0 saturated carbocycles. The topological polar surface area (TPSA) is 126 Å². The molecule has 1 unspecified atom stereocenters. The van der Waals surface area contributed by atoms with E-state index in [1.165, 1.54) is 29.7 Å². The quantitative estimate of drug-likeness (QED) is 0.158. The van der Waals surface area contributed by atoms with Crippen molar-refractivity contribution in [2.24, 2.45) is 7.05 Å². The van der Waals surface area contributed by atoms with Gasteiger partial charge in [-0.15, -0.1) is 0 Å². The van der Waals surface area contributed by atoms with Crippen LogP contribution in [0.2, 0.25) is 0 Å². The number of nitrogens with zero attached hydrogens (tertiary/aromatic N) is 2. The number of sulfone groups is 1. The zero-order valence-electron chi connectivity index (χ0n) is 24.9. The predicted octanol–water partition coefficient (Wildman–Crippen LogP) is 5.90. The largest absolute Gasteiger partial charge is 0.326 e. The summed E-state index contributed by atoms with van der Waals surface area (Å²) in [6, 6.07) is 14.8. The molecule has 2 heterocycles. The first-order chi connectivity index (χ1) is 21.0. The van der Waals surface area contributed by atoms with Gasteiger partial charge in [-0.05, 0) is 67.6 Å². The monoisotopic (exact) mass is 615 g/mol. The van der Waals surface area contributed by atoms with Crippen LogP contribution in [-0.2, 0) is 21.7 Å². The maximum absolute atomic E-state index is 13.7. The molecule has 3 aromatic carbocycles. The molecular weight excluding hydrogens is 581 g/mol. The van der Waals surface area contributed by atoms with Crippen molar-refractivity contribution in [2.75, 3.05) is 5.32 Å². The molecule has 5 aromatic rings. The Balaban J connectivity index is 1.56. The summed E-state index contributed by atoms with van der Waals surface area (Å²) in [5.41, 5.74) is 3.28. The minimum Gasteiger partial charge on any atom is -0.326 e. The maximum Gasteiger partial charge on any atom is 0.258 e. The number of aromatic nitrogens is 3. The van der Waals surface area contributed by atoms with Crippen LogP contribution in [0, 0.1) is 19.7 Å². The van der Waals surface area contributed by atoms with Crippen LogP contribution in [0.4, 0.5) is 16.0 Å². The van der Waals surface area contributed by atoms with E-state index in [4.69, 9.17) is 0 Å². The van der Waals surface area contributed by atoms with Crippen molar-refractivity contribution in [1.82, 2.24) is 19.9 Å². The average molecular weight is 616 g/mol. The van der Waals surface area contributed by atoms with Gasteiger partial charge in [0.05, 0.1) is 27.4 Å². The minimum atomic E-state index is -3.67. The molecule has 2 atom stereocenters. The number of aryl methyl sites for hydroxylation is 3. The zero-order chi connectivity index (χ0) is 31.6. The van der Waals surface area contributed by atoms with Crippen LogP contribution in [0.25, 0.3) is 21.8 Å². The highest BCUT2D eigenvalue weighted by Gasteiger charge is 2.24. The van der Waals surface area contributed by atoms with Gasteiger partial charge in [0.25, 0.3) is 5.56 Å². The Kier molecular flexibility index (Phi) is 8.80. The smallest absolute Gasteiger partial charge is 0.258 e. The minimum absolute atomic E-state index is 0.185. The van der Waals surface area contributed by atoms with Gasteiger partial charge in [0.1, 0.15) is 12.1 Å². The van der Waals surface area contributed by atoms with Crippen LogP contribution in [0.15, 0.2) is 81.8 Å². The number of H-pyrrole nitrogens is 1. The van der Waals surface area contributed by atoms with Gasteiger partial charge >= 0.3 is 0 Å². The van der Waals surface area contributed by atoms with Crippen molar-refractivity contribution in [1.29, 1.82) is 0 Å². The number of halogens is 1. The molecular formula is C33H34FN5O4S. The normalized spacial score (nSPS) is 13.5. The Hall–Kier alpha value is -4.61. The Bertz CT molecular complexity index is 2050. The van der Waals surface area contributed by atoms with Gasteiger partial charge in [0.2, 0.25) is 5.95 Å². The van der Waals surface area contributed by atoms with Crippen LogP contribution in [-0.4, -0.2) is 35.3 Å². The van der Waals surface area contributed by atoms with Gasteiger partial charge in [0.15, 0.2) is 9.84 Å². The van der Waals surface area contributed by atoms with E-state index in [-0.39, 0.29) is 16.3 Å². The Morgan fingerprint density at radius 2 is 1.84 bits per heavy atom. The lowest BCUT2D eigenvalue weighted by Crippen LogP contribution is -2.33. The summed E-state index contributed by atoms with van der Waals surface area (Å²) >= 11 is 0. The fourth-order valence-corrected chi connectivity index (χ4v) is 6.61. The molecule has 44 heavy (non-hydrogen) atoms. The zero-order valence-corrected chi connectivity index (χ0v) is 25.7. The molecule has 0 saturated heterocycles. The fraction of sp³-hybridized carbons (Fsp3) is 0.242. The second-order valence-corrected chi connectivity index (χ2v) is 12.6. The third kappa shape index (κ3) is 6.06. The van der Waals surface area contributed by atoms with Crippen LogP contribution < -0.4 is 16.2 Å². The molecule has 5 rings (SSSR count). The number of carbonyl (C=O) groups is 1.